The third kappa shape index (κ3) is 2.46. The normalized spacial score (nSPS) is 10.2. The predicted molar refractivity (Wildman–Crippen MR) is 54.4 cm³/mol. The van der Waals surface area contributed by atoms with Gasteiger partial charge in [-0.15, -0.1) is 0 Å². The van der Waals surface area contributed by atoms with Crippen LogP contribution in [-0.4, -0.2) is 16.0 Å². The van der Waals surface area contributed by atoms with E-state index in [9.17, 15) is 4.79 Å². The fraction of sp³-hybridized carbons (Fsp3) is 0.200. The van der Waals surface area contributed by atoms with Gasteiger partial charge in [0, 0.05) is 18.0 Å². The molecule has 0 saturated carbocycles. The molecule has 2 aromatic rings. The van der Waals surface area contributed by atoms with Crippen LogP contribution in [0.3, 0.4) is 0 Å². The molecule has 2 aromatic heterocycles. The van der Waals surface area contributed by atoms with Gasteiger partial charge in [-0.05, 0) is 19.1 Å². The Balaban J connectivity index is 1.93. The molecule has 2 rings (SSSR count). The van der Waals surface area contributed by atoms with Crippen LogP contribution in [0.4, 0.5) is 5.82 Å². The number of aromatic amines is 1. The van der Waals surface area contributed by atoms with E-state index in [1.165, 1.54) is 0 Å². The van der Waals surface area contributed by atoms with Crippen LogP contribution in [-0.2, 0) is 11.2 Å². The summed E-state index contributed by atoms with van der Waals surface area (Å²) < 4.78 is 4.83. The van der Waals surface area contributed by atoms with Gasteiger partial charge < -0.3 is 14.8 Å². The number of anilines is 1. The fourth-order valence-electron chi connectivity index (χ4n) is 1.26. The van der Waals surface area contributed by atoms with Crippen LogP contribution in [0.1, 0.15) is 11.5 Å². The summed E-state index contributed by atoms with van der Waals surface area (Å²) in [7, 11) is 0. The Morgan fingerprint density at radius 3 is 3.13 bits per heavy atom. The molecule has 5 heteroatoms. The average molecular weight is 205 g/mol. The van der Waals surface area contributed by atoms with Crippen molar-refractivity contribution in [2.45, 2.75) is 13.3 Å². The molecule has 1 amide bonds. The monoisotopic (exact) mass is 205 g/mol. The Morgan fingerprint density at radius 2 is 2.53 bits per heavy atom. The van der Waals surface area contributed by atoms with Crippen LogP contribution in [0, 0.1) is 6.92 Å². The molecule has 0 aromatic carbocycles. The molecular formula is C10H11N3O2. The van der Waals surface area contributed by atoms with E-state index in [1.54, 1.807) is 19.2 Å². The van der Waals surface area contributed by atoms with Crippen molar-refractivity contribution in [2.24, 2.45) is 0 Å². The molecule has 5 nitrogen and oxygen atoms in total. The first kappa shape index (κ1) is 9.51. The topological polar surface area (TPSA) is 70.9 Å². The highest BCUT2D eigenvalue weighted by Crippen LogP contribution is 2.07. The fourth-order valence-corrected chi connectivity index (χ4v) is 1.26. The quantitative estimate of drug-likeness (QED) is 0.797. The highest BCUT2D eigenvalue weighted by atomic mass is 16.5. The molecule has 0 aliphatic rings. The van der Waals surface area contributed by atoms with Gasteiger partial charge in [-0.1, -0.05) is 5.16 Å². The van der Waals surface area contributed by atoms with Gasteiger partial charge in [-0.25, -0.2) is 0 Å². The summed E-state index contributed by atoms with van der Waals surface area (Å²) in [5.41, 5.74) is 0.868. The van der Waals surface area contributed by atoms with E-state index in [1.807, 2.05) is 12.1 Å². The zero-order valence-electron chi connectivity index (χ0n) is 8.28. The van der Waals surface area contributed by atoms with E-state index in [0.29, 0.717) is 18.0 Å². The number of hydrogen-bond acceptors (Lipinski definition) is 3. The van der Waals surface area contributed by atoms with E-state index in [-0.39, 0.29) is 5.91 Å². The van der Waals surface area contributed by atoms with Crippen LogP contribution in [0.2, 0.25) is 0 Å². The maximum absolute atomic E-state index is 11.5. The van der Waals surface area contributed by atoms with Gasteiger partial charge in [-0.2, -0.15) is 0 Å². The molecule has 15 heavy (non-hydrogen) atoms. The Bertz CT molecular complexity index is 445. The largest absolute Gasteiger partial charge is 0.365 e. The van der Waals surface area contributed by atoms with Gasteiger partial charge in [0.1, 0.15) is 5.76 Å². The second-order valence-corrected chi connectivity index (χ2v) is 3.24. The van der Waals surface area contributed by atoms with Crippen molar-refractivity contribution in [3.05, 3.63) is 35.9 Å². The van der Waals surface area contributed by atoms with Gasteiger partial charge in [0.05, 0.1) is 6.42 Å². The molecule has 0 spiro atoms. The second-order valence-electron chi connectivity index (χ2n) is 3.24. The van der Waals surface area contributed by atoms with Crippen molar-refractivity contribution < 1.29 is 9.32 Å². The first-order chi connectivity index (χ1) is 7.24. The number of rotatable bonds is 3. The van der Waals surface area contributed by atoms with Gasteiger partial charge in [-0.3, -0.25) is 4.79 Å². The Morgan fingerprint density at radius 1 is 1.67 bits per heavy atom. The highest BCUT2D eigenvalue weighted by molar-refractivity contribution is 5.91. The molecule has 0 aliphatic carbocycles. The second kappa shape index (κ2) is 4.00. The standard InChI is InChI=1S/C10H11N3O2/c1-7-5-9(13-15-7)12-10(14)6-8-3-2-4-11-8/h2-5,11H,6H2,1H3,(H,12,13,14). The lowest BCUT2D eigenvalue weighted by molar-refractivity contribution is -0.115. The molecule has 78 valence electrons. The van der Waals surface area contributed by atoms with Crippen LogP contribution in [0.25, 0.3) is 0 Å². The SMILES string of the molecule is Cc1cc(NC(=O)Cc2ccc[nH]2)no1. The molecule has 0 fully saturated rings. The number of H-pyrrole nitrogens is 1. The molecule has 0 aliphatic heterocycles. The number of amides is 1. The molecule has 0 bridgehead atoms. The molecule has 0 atom stereocenters. The molecule has 2 heterocycles. The van der Waals surface area contributed by atoms with E-state index in [4.69, 9.17) is 4.52 Å². The summed E-state index contributed by atoms with van der Waals surface area (Å²) in [4.78, 5) is 14.4. The minimum atomic E-state index is -0.120. The Kier molecular flexibility index (Phi) is 2.53. The molecule has 0 unspecified atom stereocenters. The van der Waals surface area contributed by atoms with Crippen molar-refractivity contribution in [3.63, 3.8) is 0 Å². The van der Waals surface area contributed by atoms with Crippen LogP contribution >= 0.6 is 0 Å². The number of nitrogens with zero attached hydrogens (tertiary/aromatic N) is 1. The predicted octanol–water partition coefficient (Wildman–Crippen LogP) is 1.49. The number of hydrogen-bond donors (Lipinski definition) is 2. The zero-order valence-corrected chi connectivity index (χ0v) is 8.28. The zero-order chi connectivity index (χ0) is 10.7. The first-order valence-electron chi connectivity index (χ1n) is 4.59. The summed E-state index contributed by atoms with van der Waals surface area (Å²) >= 11 is 0. The van der Waals surface area contributed by atoms with E-state index < -0.39 is 0 Å². The van der Waals surface area contributed by atoms with Gasteiger partial charge >= 0.3 is 0 Å². The maximum atomic E-state index is 11.5. The van der Waals surface area contributed by atoms with E-state index in [2.05, 4.69) is 15.5 Å². The van der Waals surface area contributed by atoms with Crippen molar-refractivity contribution in [2.75, 3.05) is 5.32 Å². The number of carbonyl (C=O) groups excluding carboxylic acids is 1. The lowest BCUT2D eigenvalue weighted by atomic mass is 10.3. The van der Waals surface area contributed by atoms with Crippen molar-refractivity contribution in [1.82, 2.24) is 10.1 Å². The number of aryl methyl sites for hydroxylation is 1. The first-order valence-corrected chi connectivity index (χ1v) is 4.59. The number of carbonyl (C=O) groups is 1. The van der Waals surface area contributed by atoms with Gasteiger partial charge in [0.25, 0.3) is 0 Å². The van der Waals surface area contributed by atoms with Crippen LogP contribution in [0.15, 0.2) is 28.9 Å². The summed E-state index contributed by atoms with van der Waals surface area (Å²) in [5.74, 6) is 1.000. The minimum absolute atomic E-state index is 0.120. The third-order valence-corrected chi connectivity index (χ3v) is 1.91. The van der Waals surface area contributed by atoms with Gasteiger partial charge in [0.2, 0.25) is 5.91 Å². The number of aromatic nitrogens is 2. The Labute approximate surface area is 86.5 Å². The molecule has 0 saturated heterocycles. The molecular weight excluding hydrogens is 194 g/mol. The van der Waals surface area contributed by atoms with Crippen molar-refractivity contribution >= 4 is 11.7 Å². The minimum Gasteiger partial charge on any atom is -0.365 e. The molecule has 2 N–H and O–H groups in total. The lowest BCUT2D eigenvalue weighted by Gasteiger charge is -1.98. The maximum Gasteiger partial charge on any atom is 0.231 e. The highest BCUT2D eigenvalue weighted by Gasteiger charge is 2.07. The Hall–Kier alpha value is -2.04. The third-order valence-electron chi connectivity index (χ3n) is 1.91. The lowest BCUT2D eigenvalue weighted by Crippen LogP contribution is -2.14. The van der Waals surface area contributed by atoms with Crippen LogP contribution in [0.5, 0.6) is 0 Å². The van der Waals surface area contributed by atoms with Crippen molar-refractivity contribution in [3.8, 4) is 0 Å². The van der Waals surface area contributed by atoms with E-state index >= 15 is 0 Å². The summed E-state index contributed by atoms with van der Waals surface area (Å²) in [6.45, 7) is 1.77. The van der Waals surface area contributed by atoms with Crippen LogP contribution < -0.4 is 5.32 Å². The van der Waals surface area contributed by atoms with E-state index in [0.717, 1.165) is 5.69 Å². The molecule has 0 radical (unpaired) electrons. The smallest absolute Gasteiger partial charge is 0.231 e. The van der Waals surface area contributed by atoms with Crippen molar-refractivity contribution in [1.29, 1.82) is 0 Å². The summed E-state index contributed by atoms with van der Waals surface area (Å²) in [6.07, 6.45) is 2.09. The summed E-state index contributed by atoms with van der Waals surface area (Å²) in [6, 6.07) is 5.38. The number of nitrogens with one attached hydrogen (secondary N) is 2. The summed E-state index contributed by atoms with van der Waals surface area (Å²) in [5, 5.41) is 6.31. The van der Waals surface area contributed by atoms with Gasteiger partial charge in [0.15, 0.2) is 5.82 Å². The average Bonchev–Trinajstić information content (AvgIpc) is 2.77.